The van der Waals surface area contributed by atoms with Crippen LogP contribution in [0.2, 0.25) is 0 Å². The van der Waals surface area contributed by atoms with Gasteiger partial charge in [0.05, 0.1) is 12.2 Å². The number of carboxylic acid groups (broad SMARTS) is 1. The van der Waals surface area contributed by atoms with E-state index in [9.17, 15) is 4.79 Å². The molecule has 0 saturated heterocycles. The van der Waals surface area contributed by atoms with Gasteiger partial charge in [-0.1, -0.05) is 6.07 Å². The molecule has 88 valence electrons. The highest BCUT2D eigenvalue weighted by Crippen LogP contribution is 2.21. The predicted molar refractivity (Wildman–Crippen MR) is 65.4 cm³/mol. The summed E-state index contributed by atoms with van der Waals surface area (Å²) >= 11 is 1.61. The van der Waals surface area contributed by atoms with Crippen molar-refractivity contribution in [3.8, 4) is 0 Å². The van der Waals surface area contributed by atoms with Crippen molar-refractivity contribution in [2.24, 2.45) is 0 Å². The zero-order valence-electron chi connectivity index (χ0n) is 9.53. The highest BCUT2D eigenvalue weighted by Gasteiger charge is 2.07. The molecule has 0 aromatic heterocycles. The lowest BCUT2D eigenvalue weighted by Gasteiger charge is -2.05. The maximum Gasteiger partial charge on any atom is 0.335 e. The molecule has 0 fully saturated rings. The van der Waals surface area contributed by atoms with E-state index < -0.39 is 5.97 Å². The molecule has 1 rings (SSSR count). The third-order valence-corrected chi connectivity index (χ3v) is 3.10. The van der Waals surface area contributed by atoms with E-state index in [4.69, 9.17) is 9.84 Å². The van der Waals surface area contributed by atoms with Crippen molar-refractivity contribution in [2.45, 2.75) is 18.7 Å². The largest absolute Gasteiger partial charge is 0.478 e. The lowest BCUT2D eigenvalue weighted by molar-refractivity contribution is 0.0696. The molecule has 0 radical (unpaired) electrons. The summed E-state index contributed by atoms with van der Waals surface area (Å²) in [5.41, 5.74) is 1.17. The first-order valence-electron chi connectivity index (χ1n) is 5.19. The summed E-state index contributed by atoms with van der Waals surface area (Å²) in [6.45, 7) is 5.17. The van der Waals surface area contributed by atoms with Gasteiger partial charge in [0.15, 0.2) is 0 Å². The number of aromatic carboxylic acids is 1. The van der Waals surface area contributed by atoms with Crippen molar-refractivity contribution >= 4 is 17.7 Å². The number of hydrogen-bond donors (Lipinski definition) is 1. The zero-order valence-corrected chi connectivity index (χ0v) is 10.3. The van der Waals surface area contributed by atoms with E-state index in [0.29, 0.717) is 12.2 Å². The van der Waals surface area contributed by atoms with E-state index >= 15 is 0 Å². The molecule has 0 aliphatic rings. The third kappa shape index (κ3) is 3.87. The highest BCUT2D eigenvalue weighted by atomic mass is 32.2. The molecule has 1 aromatic rings. The molecule has 1 aromatic carbocycles. The summed E-state index contributed by atoms with van der Waals surface area (Å²) in [5, 5.41) is 8.97. The van der Waals surface area contributed by atoms with Crippen LogP contribution in [0.4, 0.5) is 0 Å². The molecule has 16 heavy (non-hydrogen) atoms. The highest BCUT2D eigenvalue weighted by molar-refractivity contribution is 7.99. The van der Waals surface area contributed by atoms with E-state index in [2.05, 4.69) is 0 Å². The Balaban J connectivity index is 2.61. The van der Waals surface area contributed by atoms with Crippen molar-refractivity contribution in [3.63, 3.8) is 0 Å². The first-order chi connectivity index (χ1) is 7.65. The molecule has 0 heterocycles. The molecule has 0 aliphatic heterocycles. The Morgan fingerprint density at radius 1 is 1.50 bits per heavy atom. The molecule has 0 amide bonds. The van der Waals surface area contributed by atoms with E-state index in [1.165, 1.54) is 0 Å². The van der Waals surface area contributed by atoms with Crippen LogP contribution in [0.1, 0.15) is 22.8 Å². The topological polar surface area (TPSA) is 46.5 Å². The van der Waals surface area contributed by atoms with Crippen molar-refractivity contribution in [1.82, 2.24) is 0 Å². The average molecular weight is 240 g/mol. The summed E-state index contributed by atoms with van der Waals surface area (Å²) in [7, 11) is 0. The Bertz CT molecular complexity index is 363. The number of aryl methyl sites for hydroxylation is 1. The van der Waals surface area contributed by atoms with Gasteiger partial charge < -0.3 is 9.84 Å². The lowest BCUT2D eigenvalue weighted by atomic mass is 10.1. The van der Waals surface area contributed by atoms with Crippen LogP contribution < -0.4 is 0 Å². The number of carbonyl (C=O) groups is 1. The fourth-order valence-electron chi connectivity index (χ4n) is 1.28. The first-order valence-corrected chi connectivity index (χ1v) is 6.18. The van der Waals surface area contributed by atoms with Gasteiger partial charge in [-0.15, -0.1) is 11.8 Å². The monoisotopic (exact) mass is 240 g/mol. The summed E-state index contributed by atoms with van der Waals surface area (Å²) in [4.78, 5) is 11.9. The maximum atomic E-state index is 10.9. The Kier molecular flexibility index (Phi) is 5.35. The van der Waals surface area contributed by atoms with Gasteiger partial charge in [-0.3, -0.25) is 0 Å². The maximum absolute atomic E-state index is 10.9. The Hall–Kier alpha value is -1.00. The normalized spacial score (nSPS) is 10.4. The van der Waals surface area contributed by atoms with Crippen LogP contribution in [-0.4, -0.2) is 30.0 Å². The fraction of sp³-hybridized carbons (Fsp3) is 0.417. The second-order valence-electron chi connectivity index (χ2n) is 3.33. The average Bonchev–Trinajstić information content (AvgIpc) is 2.26. The minimum Gasteiger partial charge on any atom is -0.478 e. The van der Waals surface area contributed by atoms with Gasteiger partial charge in [0, 0.05) is 17.3 Å². The molecule has 0 aliphatic carbocycles. The van der Waals surface area contributed by atoms with Crippen LogP contribution in [0.5, 0.6) is 0 Å². The standard InChI is InChI=1S/C12H16O3S/c1-3-15-6-7-16-10-5-4-9(2)11(8-10)12(13)14/h4-5,8H,3,6-7H2,1-2H3,(H,13,14). The van der Waals surface area contributed by atoms with Crippen LogP contribution in [0.25, 0.3) is 0 Å². The number of thioether (sulfide) groups is 1. The molecule has 0 atom stereocenters. The van der Waals surface area contributed by atoms with E-state index in [-0.39, 0.29) is 0 Å². The van der Waals surface area contributed by atoms with Crippen LogP contribution in [0, 0.1) is 6.92 Å². The lowest BCUT2D eigenvalue weighted by Crippen LogP contribution is -2.00. The molecule has 4 heteroatoms. The summed E-state index contributed by atoms with van der Waals surface area (Å²) in [6.07, 6.45) is 0. The molecule has 0 saturated carbocycles. The van der Waals surface area contributed by atoms with Crippen molar-refractivity contribution in [2.75, 3.05) is 19.0 Å². The SMILES string of the molecule is CCOCCSc1ccc(C)c(C(=O)O)c1. The number of hydrogen-bond acceptors (Lipinski definition) is 3. The number of carboxylic acids is 1. The van der Waals surface area contributed by atoms with Gasteiger partial charge in [0.2, 0.25) is 0 Å². The molecule has 0 bridgehead atoms. The van der Waals surface area contributed by atoms with Crippen LogP contribution in [0.3, 0.4) is 0 Å². The summed E-state index contributed by atoms with van der Waals surface area (Å²) in [5.74, 6) is -0.0274. The number of benzene rings is 1. The van der Waals surface area contributed by atoms with E-state index in [1.54, 1.807) is 24.8 Å². The fourth-order valence-corrected chi connectivity index (χ4v) is 2.09. The summed E-state index contributed by atoms with van der Waals surface area (Å²) < 4.78 is 5.22. The van der Waals surface area contributed by atoms with Crippen LogP contribution >= 0.6 is 11.8 Å². The minimum absolute atomic E-state index is 0.376. The quantitative estimate of drug-likeness (QED) is 0.613. The van der Waals surface area contributed by atoms with E-state index in [1.807, 2.05) is 19.1 Å². The molecule has 0 unspecified atom stereocenters. The second-order valence-corrected chi connectivity index (χ2v) is 4.50. The first kappa shape index (κ1) is 13.1. The van der Waals surface area contributed by atoms with Gasteiger partial charge >= 0.3 is 5.97 Å². The molecular formula is C12H16O3S. The Labute approximate surface area is 99.8 Å². The molecular weight excluding hydrogens is 224 g/mol. The third-order valence-electron chi connectivity index (χ3n) is 2.14. The predicted octanol–water partition coefficient (Wildman–Crippen LogP) is 2.82. The summed E-state index contributed by atoms with van der Waals surface area (Å²) in [6, 6.07) is 5.50. The minimum atomic E-state index is -0.871. The Morgan fingerprint density at radius 3 is 2.88 bits per heavy atom. The van der Waals surface area contributed by atoms with Crippen molar-refractivity contribution in [3.05, 3.63) is 29.3 Å². The smallest absolute Gasteiger partial charge is 0.335 e. The van der Waals surface area contributed by atoms with Crippen molar-refractivity contribution in [1.29, 1.82) is 0 Å². The number of ether oxygens (including phenoxy) is 1. The van der Waals surface area contributed by atoms with Crippen LogP contribution in [-0.2, 0) is 4.74 Å². The molecule has 1 N–H and O–H groups in total. The second kappa shape index (κ2) is 6.55. The zero-order chi connectivity index (χ0) is 12.0. The van der Waals surface area contributed by atoms with Gasteiger partial charge in [-0.2, -0.15) is 0 Å². The number of rotatable bonds is 6. The molecule has 0 spiro atoms. The van der Waals surface area contributed by atoms with Crippen molar-refractivity contribution < 1.29 is 14.6 Å². The Morgan fingerprint density at radius 2 is 2.25 bits per heavy atom. The molecule has 3 nitrogen and oxygen atoms in total. The van der Waals surface area contributed by atoms with Gasteiger partial charge in [-0.25, -0.2) is 4.79 Å². The van der Waals surface area contributed by atoms with E-state index in [0.717, 1.165) is 22.8 Å². The van der Waals surface area contributed by atoms with Gasteiger partial charge in [0.1, 0.15) is 0 Å². The van der Waals surface area contributed by atoms with Crippen LogP contribution in [0.15, 0.2) is 23.1 Å². The van der Waals surface area contributed by atoms with Gasteiger partial charge in [-0.05, 0) is 31.5 Å². The van der Waals surface area contributed by atoms with Gasteiger partial charge in [0.25, 0.3) is 0 Å².